The highest BCUT2D eigenvalue weighted by Crippen LogP contribution is 2.29. The molecule has 0 aromatic heterocycles. The Bertz CT molecular complexity index is 421. The Labute approximate surface area is 130 Å². The molecule has 1 unspecified atom stereocenters. The maximum atomic E-state index is 5.90. The molecule has 106 valence electrons. The summed E-state index contributed by atoms with van der Waals surface area (Å²) < 4.78 is 0. The Morgan fingerprint density at radius 1 is 1.47 bits per heavy atom. The molecule has 2 nitrogen and oxygen atoms in total. The number of nitrogens with one attached hydrogen (secondary N) is 1. The minimum Gasteiger partial charge on any atom is -0.389 e. The summed E-state index contributed by atoms with van der Waals surface area (Å²) in [5.74, 6) is 2.17. The average Bonchev–Trinajstić information content (AvgIpc) is 2.36. The second-order valence-electron chi connectivity index (χ2n) is 4.30. The summed E-state index contributed by atoms with van der Waals surface area (Å²) in [4.78, 5) is 1.63. The molecule has 0 aliphatic heterocycles. The predicted octanol–water partition coefficient (Wildman–Crippen LogP) is 3.99. The van der Waals surface area contributed by atoms with Crippen molar-refractivity contribution in [3.8, 4) is 0 Å². The highest BCUT2D eigenvalue weighted by Gasteiger charge is 2.12. The lowest BCUT2D eigenvalue weighted by molar-refractivity contribution is 0.771. The lowest BCUT2D eigenvalue weighted by atomic mass is 10.1. The molecule has 1 rings (SSSR count). The fourth-order valence-electron chi connectivity index (χ4n) is 1.81. The maximum absolute atomic E-state index is 5.90. The van der Waals surface area contributed by atoms with Crippen molar-refractivity contribution in [1.29, 1.82) is 0 Å². The fourth-order valence-corrected chi connectivity index (χ4v) is 3.54. The fraction of sp³-hybridized carbons (Fsp3) is 0.500. The molecule has 19 heavy (non-hydrogen) atoms. The zero-order valence-corrected chi connectivity index (χ0v) is 14.2. The molecule has 0 bridgehead atoms. The smallest absolute Gasteiger partial charge is 0.107 e. The molecule has 0 heterocycles. The van der Waals surface area contributed by atoms with Gasteiger partial charge in [-0.1, -0.05) is 25.2 Å². The van der Waals surface area contributed by atoms with Crippen molar-refractivity contribution in [2.24, 2.45) is 5.73 Å². The zero-order valence-electron chi connectivity index (χ0n) is 11.7. The number of benzene rings is 1. The summed E-state index contributed by atoms with van der Waals surface area (Å²) in [5, 5.41) is 3.53. The van der Waals surface area contributed by atoms with Crippen LogP contribution >= 0.6 is 35.7 Å². The first-order valence-corrected chi connectivity index (χ1v) is 9.20. The minimum absolute atomic E-state index is 0.419. The Morgan fingerprint density at radius 2 is 2.21 bits per heavy atom. The van der Waals surface area contributed by atoms with Crippen molar-refractivity contribution in [2.75, 3.05) is 23.1 Å². The number of rotatable bonds is 8. The van der Waals surface area contributed by atoms with Gasteiger partial charge in [0.2, 0.25) is 0 Å². The van der Waals surface area contributed by atoms with Gasteiger partial charge in [-0.3, -0.25) is 0 Å². The maximum Gasteiger partial charge on any atom is 0.107 e. The molecule has 0 radical (unpaired) electrons. The van der Waals surface area contributed by atoms with Gasteiger partial charge in [0, 0.05) is 22.2 Å². The van der Waals surface area contributed by atoms with Gasteiger partial charge in [0.15, 0.2) is 0 Å². The molecule has 0 spiro atoms. The predicted molar refractivity (Wildman–Crippen MR) is 94.8 cm³/mol. The van der Waals surface area contributed by atoms with Crippen LogP contribution in [-0.4, -0.2) is 28.8 Å². The number of anilines is 1. The monoisotopic (exact) mass is 314 g/mol. The summed E-state index contributed by atoms with van der Waals surface area (Å²) in [6, 6.07) is 6.62. The molecule has 0 aliphatic rings. The Morgan fingerprint density at radius 3 is 2.79 bits per heavy atom. The summed E-state index contributed by atoms with van der Waals surface area (Å²) in [7, 11) is 0. The van der Waals surface area contributed by atoms with E-state index in [4.69, 9.17) is 18.0 Å². The number of hydrogen-bond acceptors (Lipinski definition) is 4. The van der Waals surface area contributed by atoms with Crippen LogP contribution in [0, 0.1) is 0 Å². The van der Waals surface area contributed by atoms with Gasteiger partial charge in [-0.15, -0.1) is 11.8 Å². The van der Waals surface area contributed by atoms with Gasteiger partial charge in [-0.2, -0.15) is 11.8 Å². The van der Waals surface area contributed by atoms with Crippen LogP contribution in [0.2, 0.25) is 0 Å². The molecule has 0 saturated heterocycles. The third-order valence-corrected chi connectivity index (χ3v) is 4.52. The van der Waals surface area contributed by atoms with Crippen molar-refractivity contribution < 1.29 is 0 Å². The SMILES string of the molecule is CCSc1cccc(NC(C)CCSC)c1C(N)=S. The molecule has 0 fully saturated rings. The van der Waals surface area contributed by atoms with Gasteiger partial charge in [-0.25, -0.2) is 0 Å². The summed E-state index contributed by atoms with van der Waals surface area (Å²) in [6.45, 7) is 4.33. The number of thioether (sulfide) groups is 2. The van der Waals surface area contributed by atoms with Crippen LogP contribution in [0.3, 0.4) is 0 Å². The van der Waals surface area contributed by atoms with Gasteiger partial charge in [0.1, 0.15) is 4.99 Å². The van der Waals surface area contributed by atoms with Crippen LogP contribution in [0.5, 0.6) is 0 Å². The van der Waals surface area contributed by atoms with E-state index in [-0.39, 0.29) is 0 Å². The molecule has 0 saturated carbocycles. The van der Waals surface area contributed by atoms with Gasteiger partial charge in [0.25, 0.3) is 0 Å². The van der Waals surface area contributed by atoms with Crippen LogP contribution in [-0.2, 0) is 0 Å². The van der Waals surface area contributed by atoms with Crippen LogP contribution in [0.4, 0.5) is 5.69 Å². The van der Waals surface area contributed by atoms with E-state index in [0.29, 0.717) is 11.0 Å². The number of thiocarbonyl (C=S) groups is 1. The van der Waals surface area contributed by atoms with E-state index in [1.165, 1.54) is 0 Å². The van der Waals surface area contributed by atoms with E-state index < -0.39 is 0 Å². The van der Waals surface area contributed by atoms with E-state index in [1.54, 1.807) is 11.8 Å². The standard InChI is InChI=1S/C14H22N2S3/c1-4-19-12-7-5-6-11(13(12)14(15)17)16-10(2)8-9-18-3/h5-7,10,16H,4,8-9H2,1-3H3,(H2,15,17). The minimum atomic E-state index is 0.419. The molecule has 0 amide bonds. The van der Waals surface area contributed by atoms with E-state index >= 15 is 0 Å². The van der Waals surface area contributed by atoms with E-state index in [9.17, 15) is 0 Å². The third kappa shape index (κ3) is 5.24. The second kappa shape index (κ2) is 8.72. The molecule has 1 aromatic rings. The lowest BCUT2D eigenvalue weighted by Gasteiger charge is -2.19. The van der Waals surface area contributed by atoms with Gasteiger partial charge in [0.05, 0.1) is 0 Å². The van der Waals surface area contributed by atoms with Crippen molar-refractivity contribution in [3.05, 3.63) is 23.8 Å². The van der Waals surface area contributed by atoms with Gasteiger partial charge < -0.3 is 11.1 Å². The number of hydrogen-bond donors (Lipinski definition) is 2. The van der Waals surface area contributed by atoms with Crippen molar-refractivity contribution >= 4 is 46.4 Å². The van der Waals surface area contributed by atoms with Crippen molar-refractivity contribution in [2.45, 2.75) is 31.2 Å². The molecule has 0 aliphatic carbocycles. The van der Waals surface area contributed by atoms with Crippen LogP contribution in [0.25, 0.3) is 0 Å². The van der Waals surface area contributed by atoms with Gasteiger partial charge in [-0.05, 0) is 43.2 Å². The third-order valence-electron chi connectivity index (χ3n) is 2.73. The second-order valence-corrected chi connectivity index (χ2v) is 7.03. The van der Waals surface area contributed by atoms with Crippen molar-refractivity contribution in [3.63, 3.8) is 0 Å². The molecule has 1 aromatic carbocycles. The first kappa shape index (κ1) is 16.7. The highest BCUT2D eigenvalue weighted by atomic mass is 32.2. The molecule has 5 heteroatoms. The molecular weight excluding hydrogens is 292 g/mol. The van der Waals surface area contributed by atoms with E-state index in [1.807, 2.05) is 11.8 Å². The lowest BCUT2D eigenvalue weighted by Crippen LogP contribution is -2.20. The van der Waals surface area contributed by atoms with Crippen LogP contribution in [0.1, 0.15) is 25.8 Å². The molecule has 3 N–H and O–H groups in total. The van der Waals surface area contributed by atoms with Crippen molar-refractivity contribution in [1.82, 2.24) is 0 Å². The van der Waals surface area contributed by atoms with Gasteiger partial charge >= 0.3 is 0 Å². The Kier molecular flexibility index (Phi) is 7.64. The normalized spacial score (nSPS) is 12.2. The number of nitrogens with two attached hydrogens (primary N) is 1. The Hall–Kier alpha value is -0.390. The zero-order chi connectivity index (χ0) is 14.3. The molecular formula is C14H22N2S3. The summed E-state index contributed by atoms with van der Waals surface area (Å²) >= 11 is 8.86. The average molecular weight is 315 g/mol. The van der Waals surface area contributed by atoms with Crippen LogP contribution in [0.15, 0.2) is 23.1 Å². The first-order chi connectivity index (χ1) is 9.10. The highest BCUT2D eigenvalue weighted by molar-refractivity contribution is 7.99. The molecule has 1 atom stereocenters. The van der Waals surface area contributed by atoms with E-state index in [2.05, 4.69) is 43.6 Å². The van der Waals surface area contributed by atoms with Crippen LogP contribution < -0.4 is 11.1 Å². The summed E-state index contributed by atoms with van der Waals surface area (Å²) in [5.41, 5.74) is 7.94. The quantitative estimate of drug-likeness (QED) is 0.561. The summed E-state index contributed by atoms with van der Waals surface area (Å²) in [6.07, 6.45) is 3.26. The van der Waals surface area contributed by atoms with E-state index in [0.717, 1.165) is 34.1 Å². The largest absolute Gasteiger partial charge is 0.389 e. The topological polar surface area (TPSA) is 38.0 Å². The Balaban J connectivity index is 2.93. The first-order valence-electron chi connectivity index (χ1n) is 6.41.